The number of sulfonamides is 1. The molecule has 4 aromatic rings. The number of non-ortho nitro benzene ring substituents is 1. The summed E-state index contributed by atoms with van der Waals surface area (Å²) in [5, 5.41) is 14.5. The summed E-state index contributed by atoms with van der Waals surface area (Å²) in [5.41, 5.74) is 2.22. The van der Waals surface area contributed by atoms with Crippen LogP contribution in [0.3, 0.4) is 0 Å². The second-order valence-corrected chi connectivity index (χ2v) is 12.5. The Morgan fingerprint density at radius 1 is 0.867 bits per heavy atom. The van der Waals surface area contributed by atoms with Gasteiger partial charge in [0, 0.05) is 31.6 Å². The summed E-state index contributed by atoms with van der Waals surface area (Å²) in [4.78, 5) is 40.4. The zero-order valence-corrected chi connectivity index (χ0v) is 26.0. The van der Waals surface area contributed by atoms with Crippen LogP contribution in [0, 0.1) is 17.0 Å². The van der Waals surface area contributed by atoms with Crippen LogP contribution in [0.15, 0.2) is 114 Å². The number of amides is 2. The normalized spacial score (nSPS) is 11.8. The Morgan fingerprint density at radius 2 is 1.51 bits per heavy atom. The van der Waals surface area contributed by atoms with Gasteiger partial charge in [0.2, 0.25) is 11.8 Å². The SMILES string of the molecule is CCCNC(=O)[C@H](Cc1ccccc1)N(Cc1ccc(C)cc1)C(=O)CN(c1cccc([N+](=O)[O-])c1)S(=O)(=O)c1ccccc1. The van der Waals surface area contributed by atoms with Gasteiger partial charge in [-0.2, -0.15) is 0 Å². The molecule has 0 radical (unpaired) electrons. The molecule has 234 valence electrons. The van der Waals surface area contributed by atoms with Gasteiger partial charge < -0.3 is 10.2 Å². The Labute approximate surface area is 263 Å². The molecule has 1 atom stereocenters. The minimum absolute atomic E-state index is 0.0321. The lowest BCUT2D eigenvalue weighted by atomic mass is 10.0. The standard InChI is InChI=1S/C34H36N4O6S/c1-3-21-35-34(40)32(22-27-11-6-4-7-12-27)36(24-28-19-17-26(2)18-20-28)33(39)25-37(29-13-10-14-30(23-29)38(41)42)45(43,44)31-15-8-5-9-16-31/h4-20,23,32H,3,21-22,24-25H2,1-2H3,(H,35,40)/t32-/m0/s1. The lowest BCUT2D eigenvalue weighted by molar-refractivity contribution is -0.384. The predicted octanol–water partition coefficient (Wildman–Crippen LogP) is 5.26. The largest absolute Gasteiger partial charge is 0.354 e. The molecule has 0 aromatic heterocycles. The number of aryl methyl sites for hydroxylation is 1. The van der Waals surface area contributed by atoms with Crippen molar-refractivity contribution < 1.29 is 22.9 Å². The zero-order valence-electron chi connectivity index (χ0n) is 25.2. The van der Waals surface area contributed by atoms with Gasteiger partial charge in [0.05, 0.1) is 15.5 Å². The zero-order chi connectivity index (χ0) is 32.4. The molecule has 2 amide bonds. The summed E-state index contributed by atoms with van der Waals surface area (Å²) in [5.74, 6) is -1.01. The highest BCUT2D eigenvalue weighted by molar-refractivity contribution is 7.92. The molecule has 0 fully saturated rings. The molecular weight excluding hydrogens is 592 g/mol. The number of hydrogen-bond acceptors (Lipinski definition) is 6. The Balaban J connectivity index is 1.81. The summed E-state index contributed by atoms with van der Waals surface area (Å²) in [6.45, 7) is 3.60. The molecule has 0 bridgehead atoms. The molecule has 4 aromatic carbocycles. The van der Waals surface area contributed by atoms with Crippen LogP contribution in [0.1, 0.15) is 30.0 Å². The number of nitro groups is 1. The fraction of sp³-hybridized carbons (Fsp3) is 0.235. The number of rotatable bonds is 14. The Hall–Kier alpha value is -5.03. The predicted molar refractivity (Wildman–Crippen MR) is 173 cm³/mol. The van der Waals surface area contributed by atoms with Crippen LogP contribution in [0.2, 0.25) is 0 Å². The van der Waals surface area contributed by atoms with E-state index < -0.39 is 33.4 Å². The Bertz CT molecular complexity index is 1710. The van der Waals surface area contributed by atoms with E-state index in [0.29, 0.717) is 13.0 Å². The number of benzene rings is 4. The summed E-state index contributed by atoms with van der Waals surface area (Å²) in [6.07, 6.45) is 0.877. The fourth-order valence-corrected chi connectivity index (χ4v) is 6.25. The number of nitro benzene ring substituents is 1. The van der Waals surface area contributed by atoms with Crippen LogP contribution in [0.25, 0.3) is 0 Å². The monoisotopic (exact) mass is 628 g/mol. The second kappa shape index (κ2) is 15.1. The third-order valence-corrected chi connectivity index (χ3v) is 9.02. The van der Waals surface area contributed by atoms with Gasteiger partial charge in [-0.1, -0.05) is 91.3 Å². The summed E-state index contributed by atoms with van der Waals surface area (Å²) in [6, 6.07) is 28.5. The molecule has 0 aliphatic heterocycles. The average Bonchev–Trinajstić information content (AvgIpc) is 3.05. The number of hydrogen-bond donors (Lipinski definition) is 1. The third-order valence-electron chi connectivity index (χ3n) is 7.23. The molecule has 11 heteroatoms. The van der Waals surface area contributed by atoms with Crippen molar-refractivity contribution in [3.63, 3.8) is 0 Å². The molecule has 45 heavy (non-hydrogen) atoms. The van der Waals surface area contributed by atoms with E-state index in [1.165, 1.54) is 35.2 Å². The van der Waals surface area contributed by atoms with Crippen LogP contribution in [0.4, 0.5) is 11.4 Å². The lowest BCUT2D eigenvalue weighted by Crippen LogP contribution is -2.53. The highest BCUT2D eigenvalue weighted by atomic mass is 32.2. The van der Waals surface area contributed by atoms with Gasteiger partial charge in [-0.05, 0) is 42.7 Å². The average molecular weight is 629 g/mol. The van der Waals surface area contributed by atoms with E-state index in [0.717, 1.165) is 27.1 Å². The molecular formula is C34H36N4O6S. The number of anilines is 1. The van der Waals surface area contributed by atoms with E-state index in [9.17, 15) is 28.1 Å². The maximum Gasteiger partial charge on any atom is 0.271 e. The Kier molecular flexibility index (Phi) is 11.0. The molecule has 0 aliphatic carbocycles. The highest BCUT2D eigenvalue weighted by Gasteiger charge is 2.35. The summed E-state index contributed by atoms with van der Waals surface area (Å²) >= 11 is 0. The van der Waals surface area contributed by atoms with Crippen molar-refractivity contribution >= 4 is 33.2 Å². The highest BCUT2D eigenvalue weighted by Crippen LogP contribution is 2.28. The molecule has 0 spiro atoms. The van der Waals surface area contributed by atoms with Crippen LogP contribution < -0.4 is 9.62 Å². The van der Waals surface area contributed by atoms with Crippen molar-refractivity contribution in [1.29, 1.82) is 0 Å². The van der Waals surface area contributed by atoms with Crippen molar-refractivity contribution in [3.05, 3.63) is 136 Å². The van der Waals surface area contributed by atoms with E-state index in [2.05, 4.69) is 5.32 Å². The van der Waals surface area contributed by atoms with Gasteiger partial charge in [-0.3, -0.25) is 24.0 Å². The first kappa shape index (κ1) is 32.9. The smallest absolute Gasteiger partial charge is 0.271 e. The first-order valence-corrected chi connectivity index (χ1v) is 16.0. The number of nitrogens with zero attached hydrogens (tertiary/aromatic N) is 3. The van der Waals surface area contributed by atoms with E-state index in [4.69, 9.17) is 0 Å². The third kappa shape index (κ3) is 8.54. The van der Waals surface area contributed by atoms with Crippen LogP contribution in [-0.2, 0) is 32.6 Å². The maximum absolute atomic E-state index is 14.4. The van der Waals surface area contributed by atoms with Crippen LogP contribution >= 0.6 is 0 Å². The maximum atomic E-state index is 14.4. The van der Waals surface area contributed by atoms with Crippen LogP contribution in [0.5, 0.6) is 0 Å². The van der Waals surface area contributed by atoms with Gasteiger partial charge in [0.15, 0.2) is 0 Å². The van der Waals surface area contributed by atoms with Gasteiger partial charge in [-0.25, -0.2) is 8.42 Å². The quantitative estimate of drug-likeness (QED) is 0.150. The van der Waals surface area contributed by atoms with Gasteiger partial charge in [0.1, 0.15) is 12.6 Å². The van der Waals surface area contributed by atoms with Crippen molar-refractivity contribution in [2.75, 3.05) is 17.4 Å². The van der Waals surface area contributed by atoms with Crippen molar-refractivity contribution in [2.24, 2.45) is 0 Å². The molecule has 10 nitrogen and oxygen atoms in total. The first-order chi connectivity index (χ1) is 21.6. The van der Waals surface area contributed by atoms with Crippen molar-refractivity contribution in [2.45, 2.75) is 44.2 Å². The van der Waals surface area contributed by atoms with Gasteiger partial charge in [-0.15, -0.1) is 0 Å². The number of carbonyl (C=O) groups excluding carboxylic acids is 2. The minimum Gasteiger partial charge on any atom is -0.354 e. The van der Waals surface area contributed by atoms with Gasteiger partial charge in [0.25, 0.3) is 15.7 Å². The number of nitrogens with one attached hydrogen (secondary N) is 1. The Morgan fingerprint density at radius 3 is 2.13 bits per heavy atom. The van der Waals surface area contributed by atoms with Gasteiger partial charge >= 0.3 is 0 Å². The van der Waals surface area contributed by atoms with Crippen molar-refractivity contribution in [3.8, 4) is 0 Å². The van der Waals surface area contributed by atoms with Crippen molar-refractivity contribution in [1.82, 2.24) is 10.2 Å². The van der Waals surface area contributed by atoms with Crippen LogP contribution in [-0.4, -0.2) is 49.2 Å². The molecule has 4 rings (SSSR count). The number of carbonyl (C=O) groups is 2. The summed E-state index contributed by atoms with van der Waals surface area (Å²) in [7, 11) is -4.36. The molecule has 0 saturated carbocycles. The molecule has 0 aliphatic rings. The molecule has 0 saturated heterocycles. The molecule has 0 unspecified atom stereocenters. The first-order valence-electron chi connectivity index (χ1n) is 14.6. The molecule has 1 N–H and O–H groups in total. The summed E-state index contributed by atoms with van der Waals surface area (Å²) < 4.78 is 28.9. The fourth-order valence-electron chi connectivity index (χ4n) is 4.82. The topological polar surface area (TPSA) is 130 Å². The minimum atomic E-state index is -4.36. The van der Waals surface area contributed by atoms with E-state index in [-0.39, 0.29) is 35.1 Å². The van der Waals surface area contributed by atoms with E-state index in [1.54, 1.807) is 18.2 Å². The lowest BCUT2D eigenvalue weighted by Gasteiger charge is -2.34. The molecule has 0 heterocycles. The second-order valence-electron chi connectivity index (χ2n) is 10.6. The van der Waals surface area contributed by atoms with E-state index >= 15 is 0 Å². The van der Waals surface area contributed by atoms with E-state index in [1.807, 2.05) is 68.4 Å².